The summed E-state index contributed by atoms with van der Waals surface area (Å²) in [6, 6.07) is 19.2. The fraction of sp³-hybridized carbons (Fsp3) is 0.292. The Morgan fingerprint density at radius 3 is 2.55 bits per heavy atom. The van der Waals surface area contributed by atoms with E-state index in [9.17, 15) is 0 Å². The number of aryl methyl sites for hydroxylation is 2. The highest BCUT2D eigenvalue weighted by molar-refractivity contribution is 7.80. The Morgan fingerprint density at radius 1 is 1.14 bits per heavy atom. The second-order valence-electron chi connectivity index (χ2n) is 7.36. The van der Waals surface area contributed by atoms with Gasteiger partial charge in [-0.1, -0.05) is 30.3 Å². The van der Waals surface area contributed by atoms with E-state index in [4.69, 9.17) is 17.0 Å². The Balaban J connectivity index is 1.81. The first-order valence-corrected chi connectivity index (χ1v) is 11.0. The number of ether oxygens (including phenoxy) is 1. The standard InChI is InChI=1S/C24H28N2OS2/c1-17-7-8-18(2)23(14-17)25-24(28)26(19(3)15-22-6-5-13-29-22)16-20-9-11-21(27-4)12-10-20/h5-14,19H,15-16H2,1-4H3,(H,25,28)/t19-/m0/s1. The first-order chi connectivity index (χ1) is 14.0. The van der Waals surface area contributed by atoms with Crippen LogP contribution in [0.5, 0.6) is 5.75 Å². The van der Waals surface area contributed by atoms with E-state index in [1.807, 2.05) is 12.1 Å². The van der Waals surface area contributed by atoms with Crippen molar-refractivity contribution in [2.45, 2.75) is 39.8 Å². The average molecular weight is 425 g/mol. The van der Waals surface area contributed by atoms with Gasteiger partial charge in [0.05, 0.1) is 7.11 Å². The largest absolute Gasteiger partial charge is 0.497 e. The molecule has 1 N–H and O–H groups in total. The first kappa shape index (κ1) is 21.3. The maximum Gasteiger partial charge on any atom is 0.173 e. The van der Waals surface area contributed by atoms with Crippen LogP contribution in [0.1, 0.15) is 28.5 Å². The lowest BCUT2D eigenvalue weighted by atomic mass is 10.1. The summed E-state index contributed by atoms with van der Waals surface area (Å²) in [7, 11) is 1.69. The highest BCUT2D eigenvalue weighted by Crippen LogP contribution is 2.21. The highest BCUT2D eigenvalue weighted by Gasteiger charge is 2.19. The molecule has 2 aromatic carbocycles. The second kappa shape index (κ2) is 9.90. The van der Waals surface area contributed by atoms with Crippen LogP contribution < -0.4 is 10.1 Å². The molecule has 0 unspecified atom stereocenters. The molecule has 152 valence electrons. The van der Waals surface area contributed by atoms with E-state index in [0.717, 1.165) is 29.5 Å². The van der Waals surface area contributed by atoms with Crippen molar-refractivity contribution in [1.82, 2.24) is 4.90 Å². The van der Waals surface area contributed by atoms with Gasteiger partial charge in [0.2, 0.25) is 0 Å². The van der Waals surface area contributed by atoms with Crippen LogP contribution in [0.4, 0.5) is 5.69 Å². The second-order valence-corrected chi connectivity index (χ2v) is 8.78. The molecule has 5 heteroatoms. The van der Waals surface area contributed by atoms with Crippen LogP contribution in [0.25, 0.3) is 0 Å². The van der Waals surface area contributed by atoms with E-state index in [-0.39, 0.29) is 6.04 Å². The molecular formula is C24H28N2OS2. The molecule has 0 aliphatic rings. The van der Waals surface area contributed by atoms with Gasteiger partial charge >= 0.3 is 0 Å². The molecule has 3 rings (SSSR count). The Morgan fingerprint density at radius 2 is 1.90 bits per heavy atom. The number of benzene rings is 2. The number of nitrogens with one attached hydrogen (secondary N) is 1. The van der Waals surface area contributed by atoms with Crippen LogP contribution in [0.15, 0.2) is 60.0 Å². The van der Waals surface area contributed by atoms with Crippen LogP contribution in [0.2, 0.25) is 0 Å². The summed E-state index contributed by atoms with van der Waals surface area (Å²) in [6.45, 7) is 7.18. The third-order valence-electron chi connectivity index (χ3n) is 5.02. The summed E-state index contributed by atoms with van der Waals surface area (Å²) < 4.78 is 5.29. The lowest BCUT2D eigenvalue weighted by Crippen LogP contribution is -2.41. The molecule has 3 aromatic rings. The van der Waals surface area contributed by atoms with Crippen molar-refractivity contribution in [2.24, 2.45) is 0 Å². The quantitative estimate of drug-likeness (QED) is 0.456. The number of hydrogen-bond donors (Lipinski definition) is 1. The lowest BCUT2D eigenvalue weighted by Gasteiger charge is -2.32. The Kier molecular flexibility index (Phi) is 7.29. The molecule has 1 heterocycles. The van der Waals surface area contributed by atoms with Gasteiger partial charge in [-0.05, 0) is 79.3 Å². The van der Waals surface area contributed by atoms with Crippen molar-refractivity contribution in [1.29, 1.82) is 0 Å². The molecule has 0 aliphatic carbocycles. The normalized spacial score (nSPS) is 11.7. The molecule has 3 nitrogen and oxygen atoms in total. The van der Waals surface area contributed by atoms with Crippen LogP contribution in [0.3, 0.4) is 0 Å². The number of rotatable bonds is 7. The van der Waals surface area contributed by atoms with Gasteiger partial charge in [-0.2, -0.15) is 0 Å². The molecule has 1 aromatic heterocycles. The topological polar surface area (TPSA) is 24.5 Å². The minimum Gasteiger partial charge on any atom is -0.497 e. The van der Waals surface area contributed by atoms with Crippen LogP contribution >= 0.6 is 23.6 Å². The van der Waals surface area contributed by atoms with E-state index in [1.165, 1.54) is 21.6 Å². The molecule has 29 heavy (non-hydrogen) atoms. The summed E-state index contributed by atoms with van der Waals surface area (Å²) in [4.78, 5) is 3.64. The SMILES string of the molecule is COc1ccc(CN(C(=S)Nc2cc(C)ccc2C)[C@@H](C)Cc2cccs2)cc1. The number of hydrogen-bond acceptors (Lipinski definition) is 3. The van der Waals surface area contributed by atoms with E-state index in [0.29, 0.717) is 0 Å². The summed E-state index contributed by atoms with van der Waals surface area (Å²) in [6.07, 6.45) is 0.961. The Labute approximate surface area is 183 Å². The number of methoxy groups -OCH3 is 1. The van der Waals surface area contributed by atoms with Crippen molar-refractivity contribution in [3.8, 4) is 5.75 Å². The Hall–Kier alpha value is -2.37. The molecule has 0 spiro atoms. The number of anilines is 1. The number of thiophene rings is 1. The molecule has 0 amide bonds. The molecule has 0 saturated carbocycles. The fourth-order valence-corrected chi connectivity index (χ4v) is 4.42. The maximum absolute atomic E-state index is 5.87. The third kappa shape index (κ3) is 5.81. The van der Waals surface area contributed by atoms with Gasteiger partial charge < -0.3 is 15.0 Å². The molecule has 0 fully saturated rings. The van der Waals surface area contributed by atoms with Gasteiger partial charge in [-0.25, -0.2) is 0 Å². The van der Waals surface area contributed by atoms with E-state index < -0.39 is 0 Å². The van der Waals surface area contributed by atoms with Gasteiger partial charge in [0.25, 0.3) is 0 Å². The van der Waals surface area contributed by atoms with Crippen LogP contribution in [0, 0.1) is 13.8 Å². The lowest BCUT2D eigenvalue weighted by molar-refractivity contribution is 0.326. The molecule has 1 atom stereocenters. The summed E-state index contributed by atoms with van der Waals surface area (Å²) >= 11 is 7.67. The molecular weight excluding hydrogens is 396 g/mol. The zero-order valence-electron chi connectivity index (χ0n) is 17.4. The van der Waals surface area contributed by atoms with Crippen molar-refractivity contribution in [2.75, 3.05) is 12.4 Å². The highest BCUT2D eigenvalue weighted by atomic mass is 32.1. The smallest absolute Gasteiger partial charge is 0.173 e. The fourth-order valence-electron chi connectivity index (χ4n) is 3.24. The van der Waals surface area contributed by atoms with Crippen LogP contribution in [-0.4, -0.2) is 23.2 Å². The van der Waals surface area contributed by atoms with Crippen molar-refractivity contribution in [3.05, 3.63) is 81.5 Å². The molecule has 0 radical (unpaired) electrons. The Bertz CT molecular complexity index is 936. The van der Waals surface area contributed by atoms with E-state index in [2.05, 4.69) is 78.8 Å². The van der Waals surface area contributed by atoms with Crippen molar-refractivity contribution >= 4 is 34.4 Å². The van der Waals surface area contributed by atoms with Crippen molar-refractivity contribution in [3.63, 3.8) is 0 Å². The van der Waals surface area contributed by atoms with E-state index >= 15 is 0 Å². The van der Waals surface area contributed by atoms with E-state index in [1.54, 1.807) is 18.4 Å². The van der Waals surface area contributed by atoms with Crippen molar-refractivity contribution < 1.29 is 4.74 Å². The van der Waals surface area contributed by atoms with Gasteiger partial charge in [0.1, 0.15) is 5.75 Å². The average Bonchev–Trinajstić information content (AvgIpc) is 3.22. The van der Waals surface area contributed by atoms with Gasteiger partial charge in [-0.15, -0.1) is 11.3 Å². The number of nitrogens with zero attached hydrogens (tertiary/aromatic N) is 1. The van der Waals surface area contributed by atoms with Gasteiger partial charge in [0, 0.05) is 29.6 Å². The van der Waals surface area contributed by atoms with Crippen LogP contribution in [-0.2, 0) is 13.0 Å². The zero-order valence-corrected chi connectivity index (χ0v) is 19.1. The first-order valence-electron chi connectivity index (χ1n) is 9.76. The summed E-state index contributed by atoms with van der Waals surface area (Å²) in [5, 5.41) is 6.37. The van der Waals surface area contributed by atoms with Gasteiger partial charge in [-0.3, -0.25) is 0 Å². The predicted molar refractivity (Wildman–Crippen MR) is 128 cm³/mol. The summed E-state index contributed by atoms with van der Waals surface area (Å²) in [5.41, 5.74) is 4.68. The molecule has 0 bridgehead atoms. The minimum absolute atomic E-state index is 0.265. The summed E-state index contributed by atoms with van der Waals surface area (Å²) in [5.74, 6) is 0.864. The third-order valence-corrected chi connectivity index (χ3v) is 6.25. The zero-order chi connectivity index (χ0) is 20.8. The maximum atomic E-state index is 5.87. The monoisotopic (exact) mass is 424 g/mol. The molecule has 0 saturated heterocycles. The predicted octanol–water partition coefficient (Wildman–Crippen LogP) is 6.20. The number of thiocarbonyl (C=S) groups is 1. The van der Waals surface area contributed by atoms with Gasteiger partial charge in [0.15, 0.2) is 5.11 Å². The minimum atomic E-state index is 0.265. The molecule has 0 aliphatic heterocycles.